The molecule has 1 nitrogen and oxygen atoms in total. The fourth-order valence-corrected chi connectivity index (χ4v) is 2.95. The minimum atomic E-state index is 0.318. The highest BCUT2D eigenvalue weighted by atomic mass is 32.1. The van der Waals surface area contributed by atoms with Crippen LogP contribution in [-0.4, -0.2) is 7.05 Å². The van der Waals surface area contributed by atoms with Crippen molar-refractivity contribution in [2.45, 2.75) is 19.9 Å². The van der Waals surface area contributed by atoms with Gasteiger partial charge in [-0.05, 0) is 38.6 Å². The molecule has 0 spiro atoms. The molecule has 84 valence electrons. The third-order valence-electron chi connectivity index (χ3n) is 2.71. The third-order valence-corrected chi connectivity index (χ3v) is 3.78. The van der Waals surface area contributed by atoms with Gasteiger partial charge in [0.05, 0.1) is 6.04 Å². The summed E-state index contributed by atoms with van der Waals surface area (Å²) in [5.74, 6) is 0. The van der Waals surface area contributed by atoms with Crippen molar-refractivity contribution >= 4 is 11.3 Å². The number of hydrogen-bond donors (Lipinski definition) is 1. The van der Waals surface area contributed by atoms with E-state index in [0.29, 0.717) is 6.04 Å². The summed E-state index contributed by atoms with van der Waals surface area (Å²) in [4.78, 5) is 2.74. The van der Waals surface area contributed by atoms with Gasteiger partial charge in [0.25, 0.3) is 0 Å². The Hall–Kier alpha value is -1.12. The Morgan fingerprint density at radius 3 is 2.50 bits per heavy atom. The van der Waals surface area contributed by atoms with Gasteiger partial charge in [0, 0.05) is 9.75 Å². The molecule has 0 amide bonds. The summed E-state index contributed by atoms with van der Waals surface area (Å²) in [6.07, 6.45) is 0. The Labute approximate surface area is 101 Å². The Morgan fingerprint density at radius 1 is 1.12 bits per heavy atom. The predicted molar refractivity (Wildman–Crippen MR) is 71.1 cm³/mol. The van der Waals surface area contributed by atoms with Gasteiger partial charge in [-0.25, -0.2) is 0 Å². The normalized spacial score (nSPS) is 12.7. The molecule has 16 heavy (non-hydrogen) atoms. The molecule has 0 aliphatic rings. The Kier molecular flexibility index (Phi) is 3.42. The zero-order valence-corrected chi connectivity index (χ0v) is 10.8. The summed E-state index contributed by atoms with van der Waals surface area (Å²) in [5.41, 5.74) is 2.65. The van der Waals surface area contributed by atoms with Crippen molar-refractivity contribution < 1.29 is 0 Å². The van der Waals surface area contributed by atoms with Crippen molar-refractivity contribution in [3.05, 3.63) is 57.3 Å². The van der Waals surface area contributed by atoms with E-state index < -0.39 is 0 Å². The van der Waals surface area contributed by atoms with Gasteiger partial charge >= 0.3 is 0 Å². The minimum Gasteiger partial charge on any atom is -0.309 e. The summed E-state index contributed by atoms with van der Waals surface area (Å²) in [5, 5.41) is 3.39. The lowest BCUT2D eigenvalue weighted by Gasteiger charge is -2.15. The van der Waals surface area contributed by atoms with Crippen molar-refractivity contribution in [1.29, 1.82) is 0 Å². The van der Waals surface area contributed by atoms with Crippen LogP contribution in [0.15, 0.2) is 36.4 Å². The summed E-state index contributed by atoms with van der Waals surface area (Å²) < 4.78 is 0. The molecule has 0 fully saturated rings. The molecule has 1 unspecified atom stereocenters. The van der Waals surface area contributed by atoms with Crippen molar-refractivity contribution in [3.63, 3.8) is 0 Å². The Balaban J connectivity index is 2.36. The highest BCUT2D eigenvalue weighted by Gasteiger charge is 2.13. The van der Waals surface area contributed by atoms with E-state index in [1.807, 2.05) is 18.4 Å². The first-order valence-electron chi connectivity index (χ1n) is 5.51. The van der Waals surface area contributed by atoms with Gasteiger partial charge in [-0.15, -0.1) is 11.3 Å². The first kappa shape index (κ1) is 11.4. The van der Waals surface area contributed by atoms with E-state index in [1.54, 1.807) is 0 Å². The fourth-order valence-electron chi connectivity index (χ4n) is 1.93. The number of aryl methyl sites for hydroxylation is 2. The average molecular weight is 231 g/mol. The SMILES string of the molecule is CNC(c1cccc(C)c1)c1ccc(C)s1. The van der Waals surface area contributed by atoms with Crippen LogP contribution in [0.2, 0.25) is 0 Å². The summed E-state index contributed by atoms with van der Waals surface area (Å²) >= 11 is 1.86. The minimum absolute atomic E-state index is 0.318. The molecule has 2 heteroatoms. The van der Waals surface area contributed by atoms with Gasteiger partial charge in [0.1, 0.15) is 0 Å². The second-order valence-electron chi connectivity index (χ2n) is 4.08. The second-order valence-corrected chi connectivity index (χ2v) is 5.40. The molecule has 0 aliphatic carbocycles. The molecule has 1 atom stereocenters. The summed E-state index contributed by atoms with van der Waals surface area (Å²) in [7, 11) is 2.02. The number of thiophene rings is 1. The maximum Gasteiger partial charge on any atom is 0.0668 e. The van der Waals surface area contributed by atoms with Gasteiger partial charge in [-0.1, -0.05) is 29.8 Å². The van der Waals surface area contributed by atoms with E-state index in [-0.39, 0.29) is 0 Å². The van der Waals surface area contributed by atoms with Gasteiger partial charge in [0.2, 0.25) is 0 Å². The zero-order chi connectivity index (χ0) is 11.5. The number of rotatable bonds is 3. The van der Waals surface area contributed by atoms with Crippen LogP contribution in [0.3, 0.4) is 0 Å². The van der Waals surface area contributed by atoms with Crippen LogP contribution >= 0.6 is 11.3 Å². The van der Waals surface area contributed by atoms with E-state index in [0.717, 1.165) is 0 Å². The monoisotopic (exact) mass is 231 g/mol. The quantitative estimate of drug-likeness (QED) is 0.850. The number of hydrogen-bond acceptors (Lipinski definition) is 2. The molecule has 0 saturated carbocycles. The highest BCUT2D eigenvalue weighted by Crippen LogP contribution is 2.28. The molecule has 1 heterocycles. The molecule has 2 rings (SSSR count). The topological polar surface area (TPSA) is 12.0 Å². The fraction of sp³-hybridized carbons (Fsp3) is 0.286. The van der Waals surface area contributed by atoms with Crippen LogP contribution in [0.25, 0.3) is 0 Å². The van der Waals surface area contributed by atoms with Crippen LogP contribution in [-0.2, 0) is 0 Å². The molecule has 1 aromatic carbocycles. The predicted octanol–water partition coefficient (Wildman–Crippen LogP) is 3.67. The van der Waals surface area contributed by atoms with Crippen LogP contribution < -0.4 is 5.32 Å². The van der Waals surface area contributed by atoms with Crippen molar-refractivity contribution in [2.24, 2.45) is 0 Å². The van der Waals surface area contributed by atoms with E-state index in [4.69, 9.17) is 0 Å². The molecular formula is C14H17NS. The average Bonchev–Trinajstić information content (AvgIpc) is 2.66. The molecule has 0 aliphatic heterocycles. The third kappa shape index (κ3) is 2.34. The maximum atomic E-state index is 3.39. The maximum absolute atomic E-state index is 3.39. The van der Waals surface area contributed by atoms with Crippen LogP contribution in [0.5, 0.6) is 0 Å². The van der Waals surface area contributed by atoms with Gasteiger partial charge in [0.15, 0.2) is 0 Å². The largest absolute Gasteiger partial charge is 0.309 e. The second kappa shape index (κ2) is 4.81. The van der Waals surface area contributed by atoms with E-state index >= 15 is 0 Å². The molecular weight excluding hydrogens is 214 g/mol. The van der Waals surface area contributed by atoms with E-state index in [9.17, 15) is 0 Å². The van der Waals surface area contributed by atoms with Crippen LogP contribution in [0, 0.1) is 13.8 Å². The standard InChI is InChI=1S/C14H17NS/c1-10-5-4-6-12(9-10)14(15-3)13-8-7-11(2)16-13/h4-9,14-15H,1-3H3. The molecule has 0 saturated heterocycles. The summed E-state index contributed by atoms with van der Waals surface area (Å²) in [6.45, 7) is 4.28. The smallest absolute Gasteiger partial charge is 0.0668 e. The van der Waals surface area contributed by atoms with E-state index in [2.05, 4.69) is 55.6 Å². The van der Waals surface area contributed by atoms with Gasteiger partial charge in [-0.2, -0.15) is 0 Å². The van der Waals surface area contributed by atoms with Gasteiger partial charge < -0.3 is 5.32 Å². The molecule has 1 N–H and O–H groups in total. The van der Waals surface area contributed by atoms with Crippen molar-refractivity contribution in [3.8, 4) is 0 Å². The molecule has 0 radical (unpaired) electrons. The first-order chi connectivity index (χ1) is 7.70. The Morgan fingerprint density at radius 2 is 1.94 bits per heavy atom. The molecule has 2 aromatic rings. The van der Waals surface area contributed by atoms with E-state index in [1.165, 1.54) is 20.9 Å². The molecule has 0 bridgehead atoms. The first-order valence-corrected chi connectivity index (χ1v) is 6.32. The van der Waals surface area contributed by atoms with Crippen molar-refractivity contribution in [2.75, 3.05) is 7.05 Å². The number of benzene rings is 1. The molecule has 1 aromatic heterocycles. The summed E-state index contributed by atoms with van der Waals surface area (Å²) in [6, 6.07) is 13.4. The lowest BCUT2D eigenvalue weighted by Crippen LogP contribution is -2.16. The zero-order valence-electron chi connectivity index (χ0n) is 9.95. The van der Waals surface area contributed by atoms with Crippen molar-refractivity contribution in [1.82, 2.24) is 5.32 Å². The lowest BCUT2D eigenvalue weighted by molar-refractivity contribution is 0.703. The van der Waals surface area contributed by atoms with Crippen LogP contribution in [0.4, 0.5) is 0 Å². The number of nitrogens with one attached hydrogen (secondary N) is 1. The Bertz CT molecular complexity index is 473. The van der Waals surface area contributed by atoms with Gasteiger partial charge in [-0.3, -0.25) is 0 Å². The van der Waals surface area contributed by atoms with Crippen LogP contribution in [0.1, 0.15) is 26.9 Å². The lowest BCUT2D eigenvalue weighted by atomic mass is 10.0. The highest BCUT2D eigenvalue weighted by molar-refractivity contribution is 7.12.